The number of nitrogens with two attached hydrogens (primary N) is 1. The Morgan fingerprint density at radius 2 is 1.91 bits per heavy atom. The Labute approximate surface area is 259 Å². The number of nitrogens with zero attached hydrogens (tertiary/aromatic N) is 1. The molecule has 44 heavy (non-hydrogen) atoms. The van der Waals surface area contributed by atoms with Crippen molar-refractivity contribution < 1.29 is 32.7 Å². The number of anilines is 1. The predicted octanol–water partition coefficient (Wildman–Crippen LogP) is 6.00. The van der Waals surface area contributed by atoms with E-state index in [9.17, 15) is 18.8 Å². The molecule has 2 aliphatic heterocycles. The molecule has 1 unspecified atom stereocenters. The fraction of sp³-hybridized carbons (Fsp3) is 0.676. The topological polar surface area (TPSA) is 124 Å². The number of ether oxygens (including phenoxy) is 2. The molecule has 10 heteroatoms. The van der Waals surface area contributed by atoms with E-state index in [1.54, 1.807) is 24.3 Å². The molecule has 2 saturated heterocycles. The second-order valence-electron chi connectivity index (χ2n) is 12.9. The molecule has 1 saturated carbocycles. The number of hydrogen-bond acceptors (Lipinski definition) is 7. The molecule has 242 valence electrons. The van der Waals surface area contributed by atoms with Gasteiger partial charge in [0.05, 0.1) is 6.10 Å². The Morgan fingerprint density at radius 3 is 2.64 bits per heavy atom. The first-order valence-corrected chi connectivity index (χ1v) is 16.6. The van der Waals surface area contributed by atoms with Crippen LogP contribution in [0.15, 0.2) is 28.7 Å². The number of alkyl halides is 1. The molecule has 3 aliphatic rings. The van der Waals surface area contributed by atoms with Gasteiger partial charge in [-0.1, -0.05) is 45.4 Å². The second kappa shape index (κ2) is 15.3. The van der Waals surface area contributed by atoms with Gasteiger partial charge in [-0.3, -0.25) is 9.59 Å². The van der Waals surface area contributed by atoms with Crippen LogP contribution < -0.4 is 11.1 Å². The summed E-state index contributed by atoms with van der Waals surface area (Å²) in [5.74, 6) is -0.308. The number of nitrogens with one attached hydrogen (secondary N) is 1. The van der Waals surface area contributed by atoms with Crippen LogP contribution in [-0.2, 0) is 19.1 Å². The van der Waals surface area contributed by atoms with Gasteiger partial charge in [0.15, 0.2) is 0 Å². The van der Waals surface area contributed by atoms with E-state index in [-0.39, 0.29) is 42.1 Å². The standard InChI is InChI=1S/C34H48FN3O6/c1-2-22(10-6-11-25(36)20-35)33(40)38-16-15-28(23-8-4-3-5-9-23)31(38)32(39)37-26-13-14-29-24(18-26)19-30(44-29)34(41)43-21-27-12-7-17-42-27/h13-14,18-19,22-23,25,27-28,31H,2-12,15-17,20-21,36H2,1H3,(H,37,39)/t22-,25+,27?,28+,31+/m1/s1. The highest BCUT2D eigenvalue weighted by Crippen LogP contribution is 2.40. The van der Waals surface area contributed by atoms with E-state index in [2.05, 4.69) is 5.32 Å². The zero-order valence-corrected chi connectivity index (χ0v) is 25.9. The van der Waals surface area contributed by atoms with Crippen molar-refractivity contribution in [1.29, 1.82) is 0 Å². The molecule has 3 N–H and O–H groups in total. The zero-order chi connectivity index (χ0) is 31.1. The monoisotopic (exact) mass is 613 g/mol. The molecule has 3 heterocycles. The largest absolute Gasteiger partial charge is 0.457 e. The van der Waals surface area contributed by atoms with Gasteiger partial charge in [0.1, 0.15) is 24.9 Å². The van der Waals surface area contributed by atoms with Crippen molar-refractivity contribution in [3.05, 3.63) is 30.0 Å². The number of carbonyl (C=O) groups excluding carboxylic acids is 3. The molecule has 0 radical (unpaired) electrons. The highest BCUT2D eigenvalue weighted by molar-refractivity contribution is 6.00. The molecule has 1 aromatic heterocycles. The van der Waals surface area contributed by atoms with Crippen LogP contribution in [0.2, 0.25) is 0 Å². The fourth-order valence-corrected chi connectivity index (χ4v) is 7.35. The number of esters is 1. The quantitative estimate of drug-likeness (QED) is 0.266. The smallest absolute Gasteiger partial charge is 0.374 e. The third-order valence-electron chi connectivity index (χ3n) is 9.83. The number of hydrogen-bond donors (Lipinski definition) is 2. The Kier molecular flexibility index (Phi) is 11.3. The lowest BCUT2D eigenvalue weighted by Gasteiger charge is -2.34. The number of rotatable bonds is 13. The fourth-order valence-electron chi connectivity index (χ4n) is 7.35. The minimum Gasteiger partial charge on any atom is -0.457 e. The summed E-state index contributed by atoms with van der Waals surface area (Å²) in [6.45, 7) is 2.88. The summed E-state index contributed by atoms with van der Waals surface area (Å²) in [6.07, 6.45) is 10.8. The molecule has 9 nitrogen and oxygen atoms in total. The number of benzene rings is 1. The third-order valence-corrected chi connectivity index (χ3v) is 9.83. The van der Waals surface area contributed by atoms with E-state index in [4.69, 9.17) is 19.6 Å². The molecule has 1 aromatic carbocycles. The number of amides is 2. The highest BCUT2D eigenvalue weighted by Gasteiger charge is 2.46. The summed E-state index contributed by atoms with van der Waals surface area (Å²) in [5.41, 5.74) is 6.86. The average molecular weight is 614 g/mol. The van der Waals surface area contributed by atoms with Crippen LogP contribution in [0.5, 0.6) is 0 Å². The Bertz CT molecular complexity index is 1270. The molecule has 0 bridgehead atoms. The first-order chi connectivity index (χ1) is 21.4. The zero-order valence-electron chi connectivity index (χ0n) is 25.9. The van der Waals surface area contributed by atoms with Gasteiger partial charge in [0.25, 0.3) is 0 Å². The number of furan rings is 1. The maximum Gasteiger partial charge on any atom is 0.374 e. The highest BCUT2D eigenvalue weighted by atomic mass is 19.1. The van der Waals surface area contributed by atoms with Gasteiger partial charge in [-0.25, -0.2) is 9.18 Å². The van der Waals surface area contributed by atoms with Crippen molar-refractivity contribution in [3.63, 3.8) is 0 Å². The van der Waals surface area contributed by atoms with Crippen LogP contribution in [-0.4, -0.2) is 67.3 Å². The van der Waals surface area contributed by atoms with Crippen LogP contribution >= 0.6 is 0 Å². The van der Waals surface area contributed by atoms with Crippen molar-refractivity contribution in [3.8, 4) is 0 Å². The molecule has 1 aliphatic carbocycles. The summed E-state index contributed by atoms with van der Waals surface area (Å²) >= 11 is 0. The minimum absolute atomic E-state index is 0.0104. The summed E-state index contributed by atoms with van der Waals surface area (Å²) < 4.78 is 29.5. The first-order valence-electron chi connectivity index (χ1n) is 16.6. The summed E-state index contributed by atoms with van der Waals surface area (Å²) in [4.78, 5) is 42.3. The van der Waals surface area contributed by atoms with E-state index in [0.29, 0.717) is 61.4 Å². The van der Waals surface area contributed by atoms with Crippen LogP contribution in [0.25, 0.3) is 11.0 Å². The van der Waals surface area contributed by atoms with Gasteiger partial charge in [-0.2, -0.15) is 0 Å². The first kappa shape index (κ1) is 32.4. The maximum atomic E-state index is 14.0. The van der Waals surface area contributed by atoms with Crippen molar-refractivity contribution in [2.24, 2.45) is 23.5 Å². The minimum atomic E-state index is -0.561. The summed E-state index contributed by atoms with van der Waals surface area (Å²) in [7, 11) is 0. The lowest BCUT2D eigenvalue weighted by molar-refractivity contribution is -0.141. The number of fused-ring (bicyclic) bond motifs is 1. The number of carbonyl (C=O) groups is 3. The summed E-state index contributed by atoms with van der Waals surface area (Å²) in [6, 6.07) is 5.85. The second-order valence-corrected chi connectivity index (χ2v) is 12.9. The number of likely N-dealkylation sites (tertiary alicyclic amines) is 1. The number of halogens is 1. The van der Waals surface area contributed by atoms with Gasteiger partial charge < -0.3 is 29.8 Å². The molecule has 5 rings (SSSR count). The van der Waals surface area contributed by atoms with E-state index >= 15 is 0 Å². The SMILES string of the molecule is CC[C@H](CCC[C@H](N)CF)C(=O)N1CC[C@@H](C2CCCCC2)[C@H]1C(=O)Nc1ccc2oc(C(=O)OCC3CCCO3)cc2c1. The molecule has 2 amide bonds. The van der Waals surface area contributed by atoms with Crippen LogP contribution in [0.1, 0.15) is 94.5 Å². The van der Waals surface area contributed by atoms with Crippen molar-refractivity contribution in [2.75, 3.05) is 31.7 Å². The van der Waals surface area contributed by atoms with Crippen molar-refractivity contribution in [1.82, 2.24) is 4.90 Å². The summed E-state index contributed by atoms with van der Waals surface area (Å²) in [5, 5.41) is 3.76. The van der Waals surface area contributed by atoms with Gasteiger partial charge in [0, 0.05) is 36.2 Å². The lowest BCUT2D eigenvalue weighted by atomic mass is 9.76. The van der Waals surface area contributed by atoms with Gasteiger partial charge in [-0.05, 0) is 74.6 Å². The Morgan fingerprint density at radius 1 is 1.09 bits per heavy atom. The van der Waals surface area contributed by atoms with Gasteiger partial charge >= 0.3 is 5.97 Å². The lowest BCUT2D eigenvalue weighted by Crippen LogP contribution is -2.49. The van der Waals surface area contributed by atoms with Crippen LogP contribution in [0.4, 0.5) is 10.1 Å². The van der Waals surface area contributed by atoms with Gasteiger partial charge in [-0.15, -0.1) is 0 Å². The normalized spacial score (nSPS) is 24.0. The van der Waals surface area contributed by atoms with Crippen molar-refractivity contribution in [2.45, 2.75) is 102 Å². The maximum absolute atomic E-state index is 14.0. The van der Waals surface area contributed by atoms with Crippen molar-refractivity contribution >= 4 is 34.4 Å². The third kappa shape index (κ3) is 7.80. The van der Waals surface area contributed by atoms with Crippen LogP contribution in [0, 0.1) is 17.8 Å². The Hall–Kier alpha value is -2.98. The average Bonchev–Trinajstić information content (AvgIpc) is 3.82. The Balaban J connectivity index is 1.29. The van der Waals surface area contributed by atoms with E-state index < -0.39 is 24.7 Å². The molecular formula is C34H48FN3O6. The predicted molar refractivity (Wildman–Crippen MR) is 166 cm³/mol. The molecule has 0 spiro atoms. The van der Waals surface area contributed by atoms with E-state index in [0.717, 1.165) is 44.9 Å². The van der Waals surface area contributed by atoms with Gasteiger partial charge in [0.2, 0.25) is 17.6 Å². The van der Waals surface area contributed by atoms with E-state index in [1.165, 1.54) is 6.42 Å². The van der Waals surface area contributed by atoms with Crippen LogP contribution in [0.3, 0.4) is 0 Å². The molecule has 3 fully saturated rings. The molecule has 5 atom stereocenters. The molecular weight excluding hydrogens is 565 g/mol. The molecule has 2 aromatic rings. The van der Waals surface area contributed by atoms with E-state index in [1.807, 2.05) is 11.8 Å².